The van der Waals surface area contributed by atoms with E-state index in [1.165, 1.54) is 6.21 Å². The molecule has 0 aliphatic carbocycles. The van der Waals surface area contributed by atoms with Gasteiger partial charge in [-0.2, -0.15) is 0 Å². The van der Waals surface area contributed by atoms with E-state index < -0.39 is 0 Å². The van der Waals surface area contributed by atoms with Gasteiger partial charge in [-0.3, -0.25) is 10.4 Å². The number of aryl methyl sites for hydroxylation is 2. The minimum Gasteiger partial charge on any atom is -0.411 e. The summed E-state index contributed by atoms with van der Waals surface area (Å²) in [5, 5.41) is 19.1. The van der Waals surface area contributed by atoms with Crippen LogP contribution < -0.4 is 5.49 Å². The van der Waals surface area contributed by atoms with E-state index in [1.54, 1.807) is 17.7 Å². The molecule has 0 bridgehead atoms. The van der Waals surface area contributed by atoms with Crippen LogP contribution in [0.2, 0.25) is 0 Å². The molecule has 1 rings (SSSR count). The molecular formula is C9H14N4O. The van der Waals surface area contributed by atoms with Gasteiger partial charge in [-0.1, -0.05) is 5.16 Å². The molecule has 0 aliphatic rings. The highest BCUT2D eigenvalue weighted by atomic mass is 16.4. The lowest BCUT2D eigenvalue weighted by atomic mass is 10.3. The van der Waals surface area contributed by atoms with E-state index in [9.17, 15) is 0 Å². The first-order valence-electron chi connectivity index (χ1n) is 4.34. The largest absolute Gasteiger partial charge is 0.411 e. The number of hydrogen-bond donors (Lipinski definition) is 2. The van der Waals surface area contributed by atoms with Crippen molar-refractivity contribution in [3.8, 4) is 0 Å². The Morgan fingerprint density at radius 3 is 2.86 bits per heavy atom. The van der Waals surface area contributed by atoms with Crippen molar-refractivity contribution >= 4 is 6.21 Å². The van der Waals surface area contributed by atoms with Gasteiger partial charge in [0.2, 0.25) is 0 Å². The Bertz CT molecular complexity index is 408. The zero-order valence-electron chi connectivity index (χ0n) is 8.52. The van der Waals surface area contributed by atoms with Crippen LogP contribution in [-0.4, -0.2) is 21.0 Å². The van der Waals surface area contributed by atoms with Crippen LogP contribution in [-0.2, 0) is 0 Å². The summed E-state index contributed by atoms with van der Waals surface area (Å²) in [6.07, 6.45) is 3.14. The lowest BCUT2D eigenvalue weighted by Gasteiger charge is -2.12. The molecule has 0 spiro atoms. The molecule has 1 heterocycles. The predicted octanol–water partition coefficient (Wildman–Crippen LogP) is 1.00. The maximum absolute atomic E-state index is 8.41. The average molecular weight is 194 g/mol. The standard InChI is InChI=1S/C9H14N4O/c1-6-5-13(7(2)4-11-14)9(10)8(3)12-6/h4-5,7,10,14H,1-3H3/b10-9?,11-4-. The molecular weight excluding hydrogens is 180 g/mol. The van der Waals surface area contributed by atoms with Crippen molar-refractivity contribution in [2.45, 2.75) is 26.8 Å². The molecule has 0 aliphatic heterocycles. The van der Waals surface area contributed by atoms with Crippen molar-refractivity contribution in [1.82, 2.24) is 9.55 Å². The van der Waals surface area contributed by atoms with Crippen molar-refractivity contribution in [3.63, 3.8) is 0 Å². The Labute approximate surface area is 82.2 Å². The molecule has 1 unspecified atom stereocenters. The molecule has 5 heteroatoms. The van der Waals surface area contributed by atoms with Gasteiger partial charge in [0.1, 0.15) is 5.49 Å². The number of aromatic nitrogens is 2. The van der Waals surface area contributed by atoms with Crippen LogP contribution in [0.3, 0.4) is 0 Å². The van der Waals surface area contributed by atoms with Crippen LogP contribution in [0.5, 0.6) is 0 Å². The molecule has 0 radical (unpaired) electrons. The highest BCUT2D eigenvalue weighted by Gasteiger charge is 2.04. The maximum atomic E-state index is 8.41. The van der Waals surface area contributed by atoms with Gasteiger partial charge in [-0.25, -0.2) is 0 Å². The molecule has 76 valence electrons. The third kappa shape index (κ3) is 1.99. The normalized spacial score (nSPS) is 13.4. The van der Waals surface area contributed by atoms with Crippen LogP contribution in [0.15, 0.2) is 11.4 Å². The quantitative estimate of drug-likeness (QED) is 0.418. The monoisotopic (exact) mass is 194 g/mol. The molecule has 5 nitrogen and oxygen atoms in total. The summed E-state index contributed by atoms with van der Waals surface area (Å²) < 4.78 is 1.71. The van der Waals surface area contributed by atoms with E-state index >= 15 is 0 Å². The van der Waals surface area contributed by atoms with Crippen LogP contribution in [0, 0.1) is 19.3 Å². The summed E-state index contributed by atoms with van der Waals surface area (Å²) in [6.45, 7) is 5.50. The van der Waals surface area contributed by atoms with Gasteiger partial charge in [-0.05, 0) is 20.8 Å². The Balaban J connectivity index is 3.27. The highest BCUT2D eigenvalue weighted by Crippen LogP contribution is 2.00. The van der Waals surface area contributed by atoms with Gasteiger partial charge < -0.3 is 9.77 Å². The first kappa shape index (κ1) is 10.4. The Hall–Kier alpha value is -1.65. The van der Waals surface area contributed by atoms with E-state index in [4.69, 9.17) is 10.6 Å². The number of oxime groups is 1. The summed E-state index contributed by atoms with van der Waals surface area (Å²) in [5.41, 5.74) is 1.85. The van der Waals surface area contributed by atoms with Crippen molar-refractivity contribution in [3.05, 3.63) is 23.1 Å². The maximum Gasteiger partial charge on any atom is 0.147 e. The fourth-order valence-electron chi connectivity index (χ4n) is 1.29. The number of rotatable bonds is 2. The average Bonchev–Trinajstić information content (AvgIpc) is 2.11. The molecule has 1 aromatic heterocycles. The second kappa shape index (κ2) is 4.04. The van der Waals surface area contributed by atoms with Gasteiger partial charge >= 0.3 is 0 Å². The van der Waals surface area contributed by atoms with Crippen molar-refractivity contribution < 1.29 is 5.21 Å². The summed E-state index contributed by atoms with van der Waals surface area (Å²) in [4.78, 5) is 4.16. The van der Waals surface area contributed by atoms with Crippen molar-refractivity contribution in [2.75, 3.05) is 0 Å². The Morgan fingerprint density at radius 2 is 2.29 bits per heavy atom. The Morgan fingerprint density at radius 1 is 1.64 bits per heavy atom. The fraction of sp³-hybridized carbons (Fsp3) is 0.444. The zero-order chi connectivity index (χ0) is 10.7. The predicted molar refractivity (Wildman–Crippen MR) is 52.5 cm³/mol. The van der Waals surface area contributed by atoms with Crippen molar-refractivity contribution in [1.29, 1.82) is 5.41 Å². The third-order valence-corrected chi connectivity index (χ3v) is 1.99. The molecule has 0 amide bonds. The van der Waals surface area contributed by atoms with Gasteiger partial charge in [0.25, 0.3) is 0 Å². The van der Waals surface area contributed by atoms with Crippen LogP contribution >= 0.6 is 0 Å². The first-order valence-corrected chi connectivity index (χ1v) is 4.34. The highest BCUT2D eigenvalue weighted by molar-refractivity contribution is 5.61. The summed E-state index contributed by atoms with van der Waals surface area (Å²) in [7, 11) is 0. The van der Waals surface area contributed by atoms with Crippen LogP contribution in [0.25, 0.3) is 0 Å². The molecule has 0 saturated heterocycles. The van der Waals surface area contributed by atoms with E-state index in [0.29, 0.717) is 11.2 Å². The van der Waals surface area contributed by atoms with Gasteiger partial charge in [0, 0.05) is 6.20 Å². The number of hydrogen-bond acceptors (Lipinski definition) is 4. The lowest BCUT2D eigenvalue weighted by Crippen LogP contribution is -2.27. The van der Waals surface area contributed by atoms with E-state index in [-0.39, 0.29) is 6.04 Å². The van der Waals surface area contributed by atoms with E-state index in [0.717, 1.165) is 5.69 Å². The van der Waals surface area contributed by atoms with Gasteiger partial charge in [0.15, 0.2) is 0 Å². The first-order chi connectivity index (χ1) is 6.56. The smallest absolute Gasteiger partial charge is 0.147 e. The van der Waals surface area contributed by atoms with Crippen LogP contribution in [0.1, 0.15) is 24.4 Å². The SMILES string of the molecule is Cc1cn(C(C)/C=N\O)c(=N)c(C)n1. The summed E-state index contributed by atoms with van der Waals surface area (Å²) >= 11 is 0. The molecule has 0 saturated carbocycles. The zero-order valence-corrected chi connectivity index (χ0v) is 8.52. The van der Waals surface area contributed by atoms with E-state index in [2.05, 4.69) is 10.1 Å². The second-order valence-electron chi connectivity index (χ2n) is 3.23. The second-order valence-corrected chi connectivity index (χ2v) is 3.23. The Kier molecular flexibility index (Phi) is 3.01. The molecule has 0 aromatic carbocycles. The van der Waals surface area contributed by atoms with Gasteiger partial charge in [0.05, 0.1) is 23.6 Å². The minimum atomic E-state index is -0.145. The molecule has 2 N–H and O–H groups in total. The fourth-order valence-corrected chi connectivity index (χ4v) is 1.29. The molecule has 1 aromatic rings. The van der Waals surface area contributed by atoms with Crippen LogP contribution in [0.4, 0.5) is 0 Å². The van der Waals surface area contributed by atoms with Crippen molar-refractivity contribution in [2.24, 2.45) is 5.16 Å². The number of nitrogens with zero attached hydrogens (tertiary/aromatic N) is 3. The molecule has 14 heavy (non-hydrogen) atoms. The van der Waals surface area contributed by atoms with Gasteiger partial charge in [-0.15, -0.1) is 0 Å². The topological polar surface area (TPSA) is 74.3 Å². The molecule has 1 atom stereocenters. The molecule has 0 fully saturated rings. The van der Waals surface area contributed by atoms with E-state index in [1.807, 2.05) is 13.8 Å². The summed E-state index contributed by atoms with van der Waals surface area (Å²) in [6, 6.07) is -0.145. The lowest BCUT2D eigenvalue weighted by molar-refractivity contribution is 0.318. The minimum absolute atomic E-state index is 0.145. The third-order valence-electron chi connectivity index (χ3n) is 1.99. The summed E-state index contributed by atoms with van der Waals surface area (Å²) in [5.74, 6) is 0. The number of nitrogens with one attached hydrogen (secondary N) is 1.